The van der Waals surface area contributed by atoms with Crippen LogP contribution in [0.2, 0.25) is 6.04 Å². The summed E-state index contributed by atoms with van der Waals surface area (Å²) in [5.41, 5.74) is 0. The second-order valence-corrected chi connectivity index (χ2v) is 7.59. The van der Waals surface area contributed by atoms with Gasteiger partial charge in [-0.3, -0.25) is 0 Å². The van der Waals surface area contributed by atoms with Gasteiger partial charge in [0.05, 0.1) is 0 Å². The molecule has 0 aromatic heterocycles. The number of benzene rings is 1. The lowest BCUT2D eigenvalue weighted by Gasteiger charge is -2.23. The van der Waals surface area contributed by atoms with E-state index in [0.29, 0.717) is 0 Å². The van der Waals surface area contributed by atoms with E-state index in [4.69, 9.17) is 17.7 Å². The van der Waals surface area contributed by atoms with Crippen LogP contribution in [0.3, 0.4) is 0 Å². The molecule has 0 bridgehead atoms. The maximum atomic E-state index is 5.20. The summed E-state index contributed by atoms with van der Waals surface area (Å²) in [4.78, 5) is 0. The Kier molecular flexibility index (Phi) is 11.3. The lowest BCUT2D eigenvalue weighted by atomic mass is 10.3. The minimum atomic E-state index is -2.29. The highest BCUT2D eigenvalue weighted by Crippen LogP contribution is 2.14. The predicted octanol–water partition coefficient (Wildman–Crippen LogP) is 1.53. The van der Waals surface area contributed by atoms with E-state index in [2.05, 4.69) is 12.6 Å². The molecule has 0 N–H and O–H groups in total. The van der Waals surface area contributed by atoms with Crippen molar-refractivity contribution in [3.63, 3.8) is 0 Å². The second kappa shape index (κ2) is 11.5. The third kappa shape index (κ3) is 7.75. The maximum absolute atomic E-state index is 5.20. The van der Waals surface area contributed by atoms with Gasteiger partial charge in [-0.25, -0.2) is 0 Å². The van der Waals surface area contributed by atoms with Gasteiger partial charge in [-0.05, 0) is 24.3 Å². The molecule has 4 nitrogen and oxygen atoms in total. The average molecular weight is 321 g/mol. The maximum Gasteiger partial charge on any atom is 0.500 e. The Morgan fingerprint density at radius 3 is 1.89 bits per heavy atom. The van der Waals surface area contributed by atoms with Crippen molar-refractivity contribution in [3.8, 4) is 5.75 Å². The van der Waals surface area contributed by atoms with Crippen LogP contribution >= 0.6 is 12.6 Å². The number of hydrogen-bond acceptors (Lipinski definition) is 5. The van der Waals surface area contributed by atoms with Crippen LogP contribution in [0.25, 0.3) is 0 Å². The third-order valence-corrected chi connectivity index (χ3v) is 6.17. The fourth-order valence-corrected chi connectivity index (χ4v) is 3.86. The lowest BCUT2D eigenvalue weighted by molar-refractivity contribution is 0.123. The molecule has 7 heteroatoms. The van der Waals surface area contributed by atoms with Gasteiger partial charge in [-0.2, -0.15) is 12.6 Å². The van der Waals surface area contributed by atoms with Crippen LogP contribution in [0.4, 0.5) is 0 Å². The van der Waals surface area contributed by atoms with Crippen LogP contribution < -0.4 is 4.43 Å². The van der Waals surface area contributed by atoms with Gasteiger partial charge in [-0.15, -0.1) is 0 Å². The second-order valence-electron chi connectivity index (χ2n) is 3.64. The van der Waals surface area contributed by atoms with Crippen molar-refractivity contribution in [1.82, 2.24) is 0 Å². The first-order valence-corrected chi connectivity index (χ1v) is 9.41. The van der Waals surface area contributed by atoms with Crippen molar-refractivity contribution < 1.29 is 17.7 Å². The standard InChI is InChI=1S/C6H16O3SSi.C6H8OSi/c1-7-11(8-2,9-3)6-4-5-10;8-7-6-4-2-1-3-5-6/h10H,4-6H2,1-3H3;1-5H,8H3. The van der Waals surface area contributed by atoms with E-state index in [9.17, 15) is 0 Å². The minimum Gasteiger partial charge on any atom is -0.553 e. The first-order valence-electron chi connectivity index (χ1n) is 6.03. The molecule has 0 aliphatic rings. The highest BCUT2D eigenvalue weighted by atomic mass is 32.1. The van der Waals surface area contributed by atoms with E-state index in [-0.39, 0.29) is 0 Å². The van der Waals surface area contributed by atoms with Crippen LogP contribution in [0.15, 0.2) is 30.3 Å². The summed E-state index contributed by atoms with van der Waals surface area (Å²) in [6, 6.07) is 10.6. The molecule has 0 saturated carbocycles. The molecular weight excluding hydrogens is 296 g/mol. The van der Waals surface area contributed by atoms with Gasteiger partial charge >= 0.3 is 8.80 Å². The molecule has 1 rings (SSSR count). The molecule has 0 heterocycles. The van der Waals surface area contributed by atoms with E-state index in [0.717, 1.165) is 34.5 Å². The fraction of sp³-hybridized carbons (Fsp3) is 0.500. The predicted molar refractivity (Wildman–Crippen MR) is 87.1 cm³/mol. The van der Waals surface area contributed by atoms with Gasteiger partial charge in [-0.1, -0.05) is 18.2 Å². The Bertz CT molecular complexity index is 302. The summed E-state index contributed by atoms with van der Waals surface area (Å²) in [5, 5.41) is 0. The molecule has 0 atom stereocenters. The summed E-state index contributed by atoms with van der Waals surface area (Å²) in [6.45, 7) is 0. The van der Waals surface area contributed by atoms with Crippen LogP contribution in [-0.4, -0.2) is 46.4 Å². The molecule has 110 valence electrons. The molecule has 0 fully saturated rings. The third-order valence-electron chi connectivity index (χ3n) is 2.55. The van der Waals surface area contributed by atoms with Crippen LogP contribution in [0.1, 0.15) is 6.42 Å². The van der Waals surface area contributed by atoms with Crippen LogP contribution in [0.5, 0.6) is 5.75 Å². The zero-order chi connectivity index (χ0) is 14.6. The van der Waals surface area contributed by atoms with E-state index in [1.807, 2.05) is 30.3 Å². The van der Waals surface area contributed by atoms with Crippen molar-refractivity contribution in [2.45, 2.75) is 12.5 Å². The minimum absolute atomic E-state index is 0.777. The fourth-order valence-electron chi connectivity index (χ4n) is 1.41. The van der Waals surface area contributed by atoms with E-state index < -0.39 is 8.80 Å². The Morgan fingerprint density at radius 2 is 1.58 bits per heavy atom. The Labute approximate surface area is 125 Å². The largest absolute Gasteiger partial charge is 0.553 e. The van der Waals surface area contributed by atoms with Crippen molar-refractivity contribution in [2.75, 3.05) is 27.1 Å². The Morgan fingerprint density at radius 1 is 1.05 bits per heavy atom. The number of thiol groups is 1. The van der Waals surface area contributed by atoms with Crippen molar-refractivity contribution in [3.05, 3.63) is 30.3 Å². The highest BCUT2D eigenvalue weighted by molar-refractivity contribution is 7.80. The van der Waals surface area contributed by atoms with Gasteiger partial charge in [0.25, 0.3) is 0 Å². The topological polar surface area (TPSA) is 36.9 Å². The van der Waals surface area contributed by atoms with Crippen molar-refractivity contribution in [2.24, 2.45) is 0 Å². The first-order chi connectivity index (χ1) is 9.17. The van der Waals surface area contributed by atoms with Gasteiger partial charge in [0, 0.05) is 27.4 Å². The zero-order valence-corrected chi connectivity index (χ0v) is 16.0. The monoisotopic (exact) mass is 320 g/mol. The molecule has 0 aliphatic carbocycles. The Hall–Kier alpha value is -0.316. The molecule has 0 radical (unpaired) electrons. The summed E-state index contributed by atoms with van der Waals surface area (Å²) in [7, 11) is 3.36. The van der Waals surface area contributed by atoms with Crippen LogP contribution in [0, 0.1) is 0 Å². The molecule has 0 spiro atoms. The van der Waals surface area contributed by atoms with E-state index >= 15 is 0 Å². The van der Waals surface area contributed by atoms with Crippen molar-refractivity contribution >= 4 is 31.9 Å². The van der Waals surface area contributed by atoms with Crippen molar-refractivity contribution in [1.29, 1.82) is 0 Å². The quantitative estimate of drug-likeness (QED) is 0.611. The average Bonchev–Trinajstić information content (AvgIpc) is 2.51. The molecule has 19 heavy (non-hydrogen) atoms. The van der Waals surface area contributed by atoms with E-state index in [1.54, 1.807) is 21.3 Å². The van der Waals surface area contributed by atoms with Gasteiger partial charge in [0.1, 0.15) is 5.75 Å². The normalized spacial score (nSPS) is 10.7. The Balaban J connectivity index is 0.000000356. The van der Waals surface area contributed by atoms with Gasteiger partial charge < -0.3 is 17.7 Å². The molecule has 1 aromatic carbocycles. The summed E-state index contributed by atoms with van der Waals surface area (Å²) in [6.07, 6.45) is 0.963. The highest BCUT2D eigenvalue weighted by Gasteiger charge is 2.36. The molecule has 0 amide bonds. The molecule has 0 saturated heterocycles. The zero-order valence-electron chi connectivity index (χ0n) is 12.1. The van der Waals surface area contributed by atoms with Gasteiger partial charge in [0.15, 0.2) is 0 Å². The van der Waals surface area contributed by atoms with Gasteiger partial charge in [0.2, 0.25) is 10.5 Å². The summed E-state index contributed by atoms with van der Waals surface area (Å²) < 4.78 is 20.6. The molecule has 0 aliphatic heterocycles. The number of para-hydroxylation sites is 1. The molecular formula is C12H24O4SSi2. The summed E-state index contributed by atoms with van der Waals surface area (Å²) in [5.74, 6) is 1.81. The molecule has 1 aromatic rings. The number of hydrogen-bond donors (Lipinski definition) is 1. The number of rotatable bonds is 7. The smallest absolute Gasteiger partial charge is 0.500 e. The molecule has 0 unspecified atom stereocenters. The van der Waals surface area contributed by atoms with Crippen LogP contribution in [-0.2, 0) is 13.3 Å². The lowest BCUT2D eigenvalue weighted by Crippen LogP contribution is -2.42. The first kappa shape index (κ1) is 18.7. The summed E-state index contributed by atoms with van der Waals surface area (Å²) >= 11 is 4.10. The SMILES string of the molecule is CO[Si](CCCS)(OC)OC.[SiH3]Oc1ccccc1. The van der Waals surface area contributed by atoms with E-state index in [1.165, 1.54) is 0 Å².